The van der Waals surface area contributed by atoms with Gasteiger partial charge in [-0.3, -0.25) is 0 Å². The first kappa shape index (κ1) is 19.1. The average molecular weight is 365 g/mol. The van der Waals surface area contributed by atoms with Gasteiger partial charge in [-0.2, -0.15) is 0 Å². The van der Waals surface area contributed by atoms with Crippen LogP contribution < -0.4 is 18.9 Å². The van der Waals surface area contributed by atoms with E-state index in [9.17, 15) is 8.42 Å². The molecule has 0 bridgehead atoms. The number of benzene rings is 2. The Morgan fingerprint density at radius 2 is 1.60 bits per heavy atom. The Balaban J connectivity index is 2.22. The Kier molecular flexibility index (Phi) is 6.27. The summed E-state index contributed by atoms with van der Waals surface area (Å²) in [4.78, 5) is 0.206. The van der Waals surface area contributed by atoms with Gasteiger partial charge >= 0.3 is 0 Å². The molecule has 0 saturated heterocycles. The van der Waals surface area contributed by atoms with Crippen molar-refractivity contribution in [3.8, 4) is 17.2 Å². The van der Waals surface area contributed by atoms with Gasteiger partial charge in [0, 0.05) is 18.2 Å². The van der Waals surface area contributed by atoms with E-state index < -0.39 is 10.0 Å². The molecular formula is C18H23NO5S. The lowest BCUT2D eigenvalue weighted by molar-refractivity contribution is 0.390. The first-order chi connectivity index (χ1) is 11.9. The monoisotopic (exact) mass is 365 g/mol. The minimum atomic E-state index is -3.65. The highest BCUT2D eigenvalue weighted by molar-refractivity contribution is 7.89. The van der Waals surface area contributed by atoms with E-state index in [1.165, 1.54) is 13.2 Å². The van der Waals surface area contributed by atoms with Crippen LogP contribution in [-0.2, 0) is 23.0 Å². The fourth-order valence-corrected chi connectivity index (χ4v) is 3.51. The van der Waals surface area contributed by atoms with Gasteiger partial charge in [0.05, 0.1) is 26.2 Å². The van der Waals surface area contributed by atoms with Crippen molar-refractivity contribution in [1.29, 1.82) is 0 Å². The average Bonchev–Trinajstić information content (AvgIpc) is 2.65. The molecule has 0 atom stereocenters. The summed E-state index contributed by atoms with van der Waals surface area (Å²) in [6.07, 6.45) is 0.679. The zero-order valence-electron chi connectivity index (χ0n) is 14.8. The first-order valence-corrected chi connectivity index (χ1v) is 9.31. The molecule has 136 valence electrons. The number of hydrogen-bond acceptors (Lipinski definition) is 5. The Hall–Kier alpha value is -2.25. The fraction of sp³-hybridized carbons (Fsp3) is 0.333. The van der Waals surface area contributed by atoms with Gasteiger partial charge in [-0.05, 0) is 36.2 Å². The molecule has 0 unspecified atom stereocenters. The molecule has 0 amide bonds. The van der Waals surface area contributed by atoms with E-state index in [0.717, 1.165) is 11.1 Å². The second-order valence-electron chi connectivity index (χ2n) is 5.33. The standard InChI is InChI=1S/C18H23NO5S/c1-5-13-10-16(8-9-17(13)23-3)25(20,21)19-12-14-6-7-15(22-2)11-18(14)24-4/h6-11,19H,5,12H2,1-4H3. The van der Waals surface area contributed by atoms with E-state index in [2.05, 4.69) is 4.72 Å². The summed E-state index contributed by atoms with van der Waals surface area (Å²) >= 11 is 0. The predicted molar refractivity (Wildman–Crippen MR) is 95.9 cm³/mol. The number of nitrogens with one attached hydrogen (secondary N) is 1. The van der Waals surface area contributed by atoms with Crippen molar-refractivity contribution >= 4 is 10.0 Å². The molecule has 6 nitrogen and oxygen atoms in total. The van der Waals surface area contributed by atoms with Gasteiger partial charge in [0.25, 0.3) is 0 Å². The minimum Gasteiger partial charge on any atom is -0.497 e. The molecule has 1 N–H and O–H groups in total. The minimum absolute atomic E-state index is 0.114. The lowest BCUT2D eigenvalue weighted by Crippen LogP contribution is -2.23. The molecule has 0 spiro atoms. The molecule has 0 radical (unpaired) electrons. The third-order valence-electron chi connectivity index (χ3n) is 3.89. The smallest absolute Gasteiger partial charge is 0.240 e. The maximum atomic E-state index is 12.6. The number of sulfonamides is 1. The summed E-state index contributed by atoms with van der Waals surface area (Å²) in [7, 11) is 1.01. The highest BCUT2D eigenvalue weighted by atomic mass is 32.2. The highest BCUT2D eigenvalue weighted by Gasteiger charge is 2.17. The predicted octanol–water partition coefficient (Wildman–Crippen LogP) is 2.75. The highest BCUT2D eigenvalue weighted by Crippen LogP contribution is 2.26. The molecule has 0 saturated carbocycles. The van der Waals surface area contributed by atoms with Crippen molar-refractivity contribution in [1.82, 2.24) is 4.72 Å². The van der Waals surface area contributed by atoms with Crippen LogP contribution in [0.3, 0.4) is 0 Å². The summed E-state index contributed by atoms with van der Waals surface area (Å²) < 4.78 is 43.4. The van der Waals surface area contributed by atoms with Gasteiger partial charge in [0.15, 0.2) is 0 Å². The molecule has 0 heterocycles. The maximum Gasteiger partial charge on any atom is 0.240 e. The van der Waals surface area contributed by atoms with Crippen molar-refractivity contribution in [2.24, 2.45) is 0 Å². The number of ether oxygens (including phenoxy) is 3. The molecule has 0 aliphatic rings. The molecule has 2 aromatic carbocycles. The summed E-state index contributed by atoms with van der Waals surface area (Å²) in [5.74, 6) is 1.88. The summed E-state index contributed by atoms with van der Waals surface area (Å²) in [5.41, 5.74) is 1.56. The summed E-state index contributed by atoms with van der Waals surface area (Å²) in [5, 5.41) is 0. The lowest BCUT2D eigenvalue weighted by atomic mass is 10.1. The van der Waals surface area contributed by atoms with Gasteiger partial charge in [-0.25, -0.2) is 13.1 Å². The van der Waals surface area contributed by atoms with E-state index >= 15 is 0 Å². The van der Waals surface area contributed by atoms with E-state index in [0.29, 0.717) is 23.7 Å². The molecule has 0 aliphatic carbocycles. The molecule has 25 heavy (non-hydrogen) atoms. The van der Waals surface area contributed by atoms with Gasteiger partial charge in [-0.1, -0.05) is 13.0 Å². The Bertz CT molecular complexity index is 833. The number of rotatable bonds is 8. The van der Waals surface area contributed by atoms with E-state index in [1.807, 2.05) is 6.92 Å². The number of hydrogen-bond donors (Lipinski definition) is 1. The van der Waals surface area contributed by atoms with E-state index in [1.54, 1.807) is 44.6 Å². The number of aryl methyl sites for hydroxylation is 1. The molecular weight excluding hydrogens is 342 g/mol. The van der Waals surface area contributed by atoms with Crippen LogP contribution in [0.2, 0.25) is 0 Å². The van der Waals surface area contributed by atoms with Gasteiger partial charge in [0.1, 0.15) is 17.2 Å². The van der Waals surface area contributed by atoms with Crippen LogP contribution >= 0.6 is 0 Å². The van der Waals surface area contributed by atoms with Crippen LogP contribution in [0.4, 0.5) is 0 Å². The van der Waals surface area contributed by atoms with Gasteiger partial charge < -0.3 is 14.2 Å². The Labute approximate surface area is 148 Å². The largest absolute Gasteiger partial charge is 0.497 e. The third-order valence-corrected chi connectivity index (χ3v) is 5.29. The van der Waals surface area contributed by atoms with Crippen LogP contribution in [0.25, 0.3) is 0 Å². The second kappa shape index (κ2) is 8.22. The van der Waals surface area contributed by atoms with Crippen molar-refractivity contribution in [2.45, 2.75) is 24.8 Å². The quantitative estimate of drug-likeness (QED) is 0.779. The Morgan fingerprint density at radius 1 is 0.880 bits per heavy atom. The molecule has 2 rings (SSSR count). The van der Waals surface area contributed by atoms with Crippen molar-refractivity contribution in [3.05, 3.63) is 47.5 Å². The lowest BCUT2D eigenvalue weighted by Gasteiger charge is -2.13. The Morgan fingerprint density at radius 3 is 2.20 bits per heavy atom. The number of methoxy groups -OCH3 is 3. The van der Waals surface area contributed by atoms with Gasteiger partial charge in [-0.15, -0.1) is 0 Å². The molecule has 0 fully saturated rings. The maximum absolute atomic E-state index is 12.6. The fourth-order valence-electron chi connectivity index (χ4n) is 2.45. The summed E-state index contributed by atoms with van der Waals surface area (Å²) in [6, 6.07) is 10.1. The summed E-state index contributed by atoms with van der Waals surface area (Å²) in [6.45, 7) is 2.06. The van der Waals surface area contributed by atoms with Crippen molar-refractivity contribution < 1.29 is 22.6 Å². The molecule has 0 aromatic heterocycles. The van der Waals surface area contributed by atoms with Crippen molar-refractivity contribution in [2.75, 3.05) is 21.3 Å². The zero-order valence-corrected chi connectivity index (χ0v) is 15.6. The molecule has 7 heteroatoms. The first-order valence-electron chi connectivity index (χ1n) is 7.82. The van der Waals surface area contributed by atoms with Crippen LogP contribution in [0.1, 0.15) is 18.1 Å². The molecule has 0 aliphatic heterocycles. The van der Waals surface area contributed by atoms with Crippen LogP contribution in [-0.4, -0.2) is 29.7 Å². The topological polar surface area (TPSA) is 73.9 Å². The molecule has 2 aromatic rings. The second-order valence-corrected chi connectivity index (χ2v) is 7.10. The van der Waals surface area contributed by atoms with Gasteiger partial charge in [0.2, 0.25) is 10.0 Å². The van der Waals surface area contributed by atoms with Crippen molar-refractivity contribution in [3.63, 3.8) is 0 Å². The third kappa shape index (κ3) is 4.43. The van der Waals surface area contributed by atoms with E-state index in [-0.39, 0.29) is 11.4 Å². The zero-order chi connectivity index (χ0) is 18.4. The van der Waals surface area contributed by atoms with Crippen LogP contribution in [0.15, 0.2) is 41.3 Å². The van der Waals surface area contributed by atoms with E-state index in [4.69, 9.17) is 14.2 Å². The SMILES string of the molecule is CCc1cc(S(=O)(=O)NCc2ccc(OC)cc2OC)ccc1OC. The normalized spacial score (nSPS) is 11.2. The van der Waals surface area contributed by atoms with Crippen LogP contribution in [0, 0.1) is 0 Å². The van der Waals surface area contributed by atoms with Crippen LogP contribution in [0.5, 0.6) is 17.2 Å².